The van der Waals surface area contributed by atoms with Gasteiger partial charge in [-0.2, -0.15) is 13.2 Å². The molecule has 1 atom stereocenters. The molecule has 0 saturated heterocycles. The van der Waals surface area contributed by atoms with Gasteiger partial charge >= 0.3 is 6.18 Å². The lowest BCUT2D eigenvalue weighted by atomic mass is 9.91. The molecule has 0 radical (unpaired) electrons. The summed E-state index contributed by atoms with van der Waals surface area (Å²) >= 11 is 0. The van der Waals surface area contributed by atoms with Crippen LogP contribution in [0.3, 0.4) is 0 Å². The second kappa shape index (κ2) is 9.51. The molecule has 2 rings (SSSR count). The molecule has 2 aromatic rings. The van der Waals surface area contributed by atoms with E-state index in [1.54, 1.807) is 11.9 Å². The molecule has 170 valence electrons. The third kappa shape index (κ3) is 5.63. The first-order chi connectivity index (χ1) is 14.4. The predicted octanol–water partition coefficient (Wildman–Crippen LogP) is 4.72. The van der Waals surface area contributed by atoms with Gasteiger partial charge in [0.15, 0.2) is 0 Å². The van der Waals surface area contributed by atoms with Crippen LogP contribution in [0.2, 0.25) is 0 Å². The molecule has 31 heavy (non-hydrogen) atoms. The van der Waals surface area contributed by atoms with Gasteiger partial charge in [0.2, 0.25) is 5.60 Å². The summed E-state index contributed by atoms with van der Waals surface area (Å²) in [5.41, 5.74) is -3.44. The van der Waals surface area contributed by atoms with Crippen molar-refractivity contribution in [1.82, 2.24) is 4.90 Å². The molecule has 0 spiro atoms. The second-order valence-electron chi connectivity index (χ2n) is 6.91. The van der Waals surface area contributed by atoms with E-state index >= 15 is 0 Å². The van der Waals surface area contributed by atoms with Crippen molar-refractivity contribution in [3.05, 3.63) is 53.1 Å². The van der Waals surface area contributed by atoms with Crippen LogP contribution in [0.5, 0.6) is 11.5 Å². The molecule has 1 unspecified atom stereocenters. The van der Waals surface area contributed by atoms with Crippen molar-refractivity contribution in [2.24, 2.45) is 4.99 Å². The van der Waals surface area contributed by atoms with Crippen LogP contribution in [0.4, 0.5) is 27.6 Å². The monoisotopic (exact) mass is 446 g/mol. The van der Waals surface area contributed by atoms with Crippen LogP contribution in [0.25, 0.3) is 0 Å². The maximum absolute atomic E-state index is 13.9. The molecular weight excluding hydrogens is 423 g/mol. The number of nitrogens with zero attached hydrogens (tertiary/aromatic N) is 2. The van der Waals surface area contributed by atoms with Crippen LogP contribution in [-0.4, -0.2) is 49.8 Å². The maximum Gasteiger partial charge on any atom is 0.425 e. The normalized spacial score (nSPS) is 13.9. The Hall–Kier alpha value is -2.88. The van der Waals surface area contributed by atoms with Crippen molar-refractivity contribution in [1.29, 1.82) is 0 Å². The largest absolute Gasteiger partial charge is 0.496 e. The Kier molecular flexibility index (Phi) is 7.48. The third-order valence-corrected chi connectivity index (χ3v) is 4.61. The van der Waals surface area contributed by atoms with Gasteiger partial charge in [-0.05, 0) is 25.5 Å². The van der Waals surface area contributed by atoms with Gasteiger partial charge in [-0.3, -0.25) is 0 Å². The SMILES string of the molecule is CCN(C)/C=N/c1cc(OC)c(C(O)(COc2cc(F)cc(F)c2)C(F)(F)F)cc1C. The third-order valence-electron chi connectivity index (χ3n) is 4.61. The minimum atomic E-state index is -5.19. The van der Waals surface area contributed by atoms with Crippen LogP contribution >= 0.6 is 0 Å². The molecule has 1 N–H and O–H groups in total. The first-order valence-electron chi connectivity index (χ1n) is 9.22. The molecule has 10 heteroatoms. The number of halogens is 5. The van der Waals surface area contributed by atoms with E-state index in [2.05, 4.69) is 4.99 Å². The molecule has 2 aromatic carbocycles. The Labute approximate surface area is 176 Å². The Bertz CT molecular complexity index is 929. The molecule has 5 nitrogen and oxygen atoms in total. The molecule has 0 bridgehead atoms. The number of benzene rings is 2. The second-order valence-corrected chi connectivity index (χ2v) is 6.91. The van der Waals surface area contributed by atoms with Crippen molar-refractivity contribution < 1.29 is 36.5 Å². The predicted molar refractivity (Wildman–Crippen MR) is 106 cm³/mol. The lowest BCUT2D eigenvalue weighted by molar-refractivity contribution is -0.275. The summed E-state index contributed by atoms with van der Waals surface area (Å²) in [7, 11) is 2.93. The summed E-state index contributed by atoms with van der Waals surface area (Å²) in [5.74, 6) is -2.83. The zero-order valence-corrected chi connectivity index (χ0v) is 17.4. The van der Waals surface area contributed by atoms with Gasteiger partial charge in [0, 0.05) is 43.4 Å². The van der Waals surface area contributed by atoms with Crippen LogP contribution in [0.15, 0.2) is 35.3 Å². The Morgan fingerprint density at radius 3 is 2.23 bits per heavy atom. The van der Waals surface area contributed by atoms with Crippen LogP contribution in [0, 0.1) is 18.6 Å². The van der Waals surface area contributed by atoms with E-state index in [1.165, 1.54) is 19.3 Å². The van der Waals surface area contributed by atoms with E-state index in [-0.39, 0.29) is 5.75 Å². The highest BCUT2D eigenvalue weighted by molar-refractivity contribution is 5.65. The summed E-state index contributed by atoms with van der Waals surface area (Å²) in [6.07, 6.45) is -3.68. The number of hydrogen-bond acceptors (Lipinski definition) is 4. The fraction of sp³-hybridized carbons (Fsp3) is 0.381. The van der Waals surface area contributed by atoms with Crippen molar-refractivity contribution >= 4 is 12.0 Å². The molecule has 0 aliphatic heterocycles. The van der Waals surface area contributed by atoms with E-state index in [0.717, 1.165) is 13.2 Å². The number of aliphatic imine (C=N–C) groups is 1. The molecular formula is C21H23F5N2O3. The van der Waals surface area contributed by atoms with Gasteiger partial charge in [-0.15, -0.1) is 0 Å². The Morgan fingerprint density at radius 1 is 1.10 bits per heavy atom. The fourth-order valence-corrected chi connectivity index (χ4v) is 2.66. The van der Waals surface area contributed by atoms with Gasteiger partial charge in [0.25, 0.3) is 0 Å². The molecule has 0 amide bonds. The minimum Gasteiger partial charge on any atom is -0.496 e. The topological polar surface area (TPSA) is 54.3 Å². The van der Waals surface area contributed by atoms with E-state index < -0.39 is 41.3 Å². The summed E-state index contributed by atoms with van der Waals surface area (Å²) in [6.45, 7) is 2.75. The van der Waals surface area contributed by atoms with Crippen LogP contribution in [-0.2, 0) is 5.60 Å². The van der Waals surface area contributed by atoms with E-state index in [1.807, 2.05) is 6.92 Å². The molecule has 0 aliphatic carbocycles. The molecule has 0 aromatic heterocycles. The first kappa shape index (κ1) is 24.4. The molecule has 0 heterocycles. The minimum absolute atomic E-state index is 0.272. The lowest BCUT2D eigenvalue weighted by Crippen LogP contribution is -2.47. The van der Waals surface area contributed by atoms with Gasteiger partial charge in [0.05, 0.1) is 19.1 Å². The van der Waals surface area contributed by atoms with Gasteiger partial charge in [-0.1, -0.05) is 0 Å². The molecule has 0 aliphatic rings. The van der Waals surface area contributed by atoms with Crippen LogP contribution < -0.4 is 9.47 Å². The summed E-state index contributed by atoms with van der Waals surface area (Å²) in [4.78, 5) is 5.99. The first-order valence-corrected chi connectivity index (χ1v) is 9.22. The average molecular weight is 446 g/mol. The number of aryl methyl sites for hydroxylation is 1. The Morgan fingerprint density at radius 2 is 1.71 bits per heavy atom. The highest BCUT2D eigenvalue weighted by Gasteiger charge is 2.57. The zero-order valence-electron chi connectivity index (χ0n) is 17.4. The molecule has 0 saturated carbocycles. The molecule has 0 fully saturated rings. The van der Waals surface area contributed by atoms with E-state index in [9.17, 15) is 27.1 Å². The number of methoxy groups -OCH3 is 1. The smallest absolute Gasteiger partial charge is 0.425 e. The fourth-order valence-electron chi connectivity index (χ4n) is 2.66. The highest BCUT2D eigenvalue weighted by atomic mass is 19.4. The number of rotatable bonds is 8. The van der Waals surface area contributed by atoms with Gasteiger partial charge < -0.3 is 19.5 Å². The lowest BCUT2D eigenvalue weighted by Gasteiger charge is -2.32. The number of hydrogen-bond donors (Lipinski definition) is 1. The summed E-state index contributed by atoms with van der Waals surface area (Å²) in [5, 5.41) is 10.6. The quantitative estimate of drug-likeness (QED) is 0.362. The summed E-state index contributed by atoms with van der Waals surface area (Å²) in [6, 6.07) is 4.34. The summed E-state index contributed by atoms with van der Waals surface area (Å²) < 4.78 is 78.5. The van der Waals surface area contributed by atoms with Crippen molar-refractivity contribution in [3.8, 4) is 11.5 Å². The van der Waals surface area contributed by atoms with Gasteiger partial charge in [-0.25, -0.2) is 13.8 Å². The number of alkyl halides is 3. The van der Waals surface area contributed by atoms with Gasteiger partial charge in [0.1, 0.15) is 29.7 Å². The van der Waals surface area contributed by atoms with Crippen LogP contribution in [0.1, 0.15) is 18.1 Å². The average Bonchev–Trinajstić information content (AvgIpc) is 2.69. The zero-order chi connectivity index (χ0) is 23.4. The Balaban J connectivity index is 2.49. The maximum atomic E-state index is 13.9. The standard InChI is InChI=1S/C21H23F5N2O3/c1-5-28(3)12-27-18-10-19(30-4)17(6-13(18)2)20(29,21(24,25)26)11-31-16-8-14(22)7-15(23)9-16/h6-10,12,29H,5,11H2,1-4H3/b27-12+. The van der Waals surface area contributed by atoms with Crippen molar-refractivity contribution in [2.45, 2.75) is 25.6 Å². The highest BCUT2D eigenvalue weighted by Crippen LogP contribution is 2.45. The number of aliphatic hydroxyl groups is 1. The van der Waals surface area contributed by atoms with Crippen molar-refractivity contribution in [2.75, 3.05) is 27.3 Å². The number of ether oxygens (including phenoxy) is 2. The van der Waals surface area contributed by atoms with E-state index in [4.69, 9.17) is 9.47 Å². The van der Waals surface area contributed by atoms with Crippen molar-refractivity contribution in [3.63, 3.8) is 0 Å². The van der Waals surface area contributed by atoms with E-state index in [0.29, 0.717) is 36.0 Å².